The molecule has 0 atom stereocenters. The number of hydrogen-bond donors (Lipinski definition) is 1. The minimum atomic E-state index is 0.608. The molecule has 0 saturated heterocycles. The first-order chi connectivity index (χ1) is 7.35. The first-order valence-corrected chi connectivity index (χ1v) is 4.96. The Morgan fingerprint density at radius 1 is 1.53 bits per heavy atom. The van der Waals surface area contributed by atoms with Crippen molar-refractivity contribution in [2.24, 2.45) is 0 Å². The average molecular weight is 200 g/mol. The van der Waals surface area contributed by atoms with Crippen molar-refractivity contribution in [3.63, 3.8) is 0 Å². The second-order valence-electron chi connectivity index (χ2n) is 3.34. The number of aromatic nitrogens is 2. The van der Waals surface area contributed by atoms with Crippen LogP contribution in [0.2, 0.25) is 0 Å². The predicted octanol–water partition coefficient (Wildman–Crippen LogP) is 2.03. The molecule has 0 aromatic carbocycles. The van der Waals surface area contributed by atoms with Gasteiger partial charge in [0.1, 0.15) is 6.07 Å². The summed E-state index contributed by atoms with van der Waals surface area (Å²) in [4.78, 5) is 0. The van der Waals surface area contributed by atoms with Gasteiger partial charge in [0.25, 0.3) is 0 Å². The third kappa shape index (κ3) is 1.77. The minimum absolute atomic E-state index is 0.608. The highest BCUT2D eigenvalue weighted by Gasteiger charge is 2.02. The van der Waals surface area contributed by atoms with Crippen LogP contribution in [0.15, 0.2) is 24.5 Å². The smallest absolute Gasteiger partial charge is 0.103 e. The fraction of sp³-hybridized carbons (Fsp3) is 0.273. The molecular formula is C11H12N4. The van der Waals surface area contributed by atoms with E-state index in [2.05, 4.69) is 23.4 Å². The summed E-state index contributed by atoms with van der Waals surface area (Å²) in [5, 5.41) is 16.2. The van der Waals surface area contributed by atoms with Gasteiger partial charge < -0.3 is 5.32 Å². The molecule has 0 bridgehead atoms. The van der Waals surface area contributed by atoms with Gasteiger partial charge in [-0.25, -0.2) is 4.52 Å². The largest absolute Gasteiger partial charge is 0.384 e. The number of nitrogens with zero attached hydrogens (tertiary/aromatic N) is 3. The molecule has 1 N–H and O–H groups in total. The van der Waals surface area contributed by atoms with Crippen LogP contribution in [0.3, 0.4) is 0 Å². The molecule has 0 spiro atoms. The van der Waals surface area contributed by atoms with E-state index in [1.54, 1.807) is 10.7 Å². The van der Waals surface area contributed by atoms with Gasteiger partial charge in [-0.15, -0.1) is 0 Å². The Morgan fingerprint density at radius 2 is 2.40 bits per heavy atom. The van der Waals surface area contributed by atoms with Crippen LogP contribution in [-0.4, -0.2) is 16.2 Å². The standard InChI is InChI=1S/C11H12N4/c1-2-5-13-10-3-4-11-9(6-12)7-14-15(11)8-10/h3-4,7-8,13H,2,5H2,1H3. The highest BCUT2D eigenvalue weighted by atomic mass is 15.2. The zero-order valence-corrected chi connectivity index (χ0v) is 8.57. The topological polar surface area (TPSA) is 53.1 Å². The lowest BCUT2D eigenvalue weighted by Gasteiger charge is -2.04. The van der Waals surface area contributed by atoms with Gasteiger partial charge in [0.2, 0.25) is 0 Å². The number of nitriles is 1. The van der Waals surface area contributed by atoms with Gasteiger partial charge in [0.05, 0.1) is 29.2 Å². The van der Waals surface area contributed by atoms with Gasteiger partial charge >= 0.3 is 0 Å². The van der Waals surface area contributed by atoms with Crippen LogP contribution in [0.1, 0.15) is 18.9 Å². The van der Waals surface area contributed by atoms with Crippen molar-refractivity contribution < 1.29 is 0 Å². The normalized spacial score (nSPS) is 10.1. The van der Waals surface area contributed by atoms with Crippen molar-refractivity contribution in [3.05, 3.63) is 30.1 Å². The van der Waals surface area contributed by atoms with Crippen molar-refractivity contribution >= 4 is 11.2 Å². The van der Waals surface area contributed by atoms with E-state index in [0.717, 1.165) is 24.2 Å². The number of rotatable bonds is 3. The number of nitrogens with one attached hydrogen (secondary N) is 1. The Balaban J connectivity index is 2.36. The molecule has 0 aliphatic rings. The van der Waals surface area contributed by atoms with Gasteiger partial charge in [0.15, 0.2) is 0 Å². The molecule has 2 rings (SSSR count). The van der Waals surface area contributed by atoms with Crippen LogP contribution in [-0.2, 0) is 0 Å². The molecule has 0 aliphatic heterocycles. The second-order valence-corrected chi connectivity index (χ2v) is 3.34. The summed E-state index contributed by atoms with van der Waals surface area (Å²) in [5.41, 5.74) is 2.48. The highest BCUT2D eigenvalue weighted by molar-refractivity contribution is 5.62. The van der Waals surface area contributed by atoms with E-state index < -0.39 is 0 Å². The third-order valence-electron chi connectivity index (χ3n) is 2.22. The van der Waals surface area contributed by atoms with Crippen LogP contribution in [0, 0.1) is 11.3 Å². The van der Waals surface area contributed by atoms with Crippen LogP contribution >= 0.6 is 0 Å². The number of pyridine rings is 1. The number of anilines is 1. The van der Waals surface area contributed by atoms with Gasteiger partial charge in [-0.3, -0.25) is 0 Å². The zero-order valence-electron chi connectivity index (χ0n) is 8.57. The highest BCUT2D eigenvalue weighted by Crippen LogP contribution is 2.13. The van der Waals surface area contributed by atoms with Crippen LogP contribution in [0.25, 0.3) is 5.52 Å². The van der Waals surface area contributed by atoms with Crippen LogP contribution in [0.5, 0.6) is 0 Å². The average Bonchev–Trinajstić information content (AvgIpc) is 2.68. The fourth-order valence-electron chi connectivity index (χ4n) is 1.44. The Hall–Kier alpha value is -2.02. The van der Waals surface area contributed by atoms with Gasteiger partial charge in [0, 0.05) is 6.54 Å². The fourth-order valence-corrected chi connectivity index (χ4v) is 1.44. The van der Waals surface area contributed by atoms with Gasteiger partial charge in [-0.05, 0) is 18.6 Å². The predicted molar refractivity (Wildman–Crippen MR) is 58.7 cm³/mol. The maximum Gasteiger partial charge on any atom is 0.103 e. The molecular weight excluding hydrogens is 188 g/mol. The molecule has 0 unspecified atom stereocenters. The summed E-state index contributed by atoms with van der Waals surface area (Å²) in [7, 11) is 0. The first-order valence-electron chi connectivity index (χ1n) is 4.96. The molecule has 15 heavy (non-hydrogen) atoms. The Morgan fingerprint density at radius 3 is 3.13 bits per heavy atom. The van der Waals surface area contributed by atoms with Crippen molar-refractivity contribution in [1.29, 1.82) is 5.26 Å². The Bertz CT molecular complexity index is 507. The SMILES string of the molecule is CCCNc1ccc2c(C#N)cnn2c1. The molecule has 0 fully saturated rings. The lowest BCUT2D eigenvalue weighted by molar-refractivity contribution is 0.943. The molecule has 76 valence electrons. The first kappa shape index (κ1) is 9.53. The molecule has 2 aromatic heterocycles. The van der Waals surface area contributed by atoms with Crippen molar-refractivity contribution in [2.75, 3.05) is 11.9 Å². The molecule has 2 heterocycles. The third-order valence-corrected chi connectivity index (χ3v) is 2.22. The molecule has 4 nitrogen and oxygen atoms in total. The molecule has 2 aromatic rings. The summed E-state index contributed by atoms with van der Waals surface area (Å²) >= 11 is 0. The summed E-state index contributed by atoms with van der Waals surface area (Å²) in [5.74, 6) is 0. The van der Waals surface area contributed by atoms with Gasteiger partial charge in [-0.1, -0.05) is 6.92 Å². The molecule has 0 aliphatic carbocycles. The van der Waals surface area contributed by atoms with E-state index in [1.165, 1.54) is 0 Å². The van der Waals surface area contributed by atoms with Gasteiger partial charge in [-0.2, -0.15) is 10.4 Å². The summed E-state index contributed by atoms with van der Waals surface area (Å²) < 4.78 is 1.72. The lowest BCUT2D eigenvalue weighted by Crippen LogP contribution is -2.01. The number of fused-ring (bicyclic) bond motifs is 1. The summed E-state index contributed by atoms with van der Waals surface area (Å²) in [6.45, 7) is 3.06. The molecule has 4 heteroatoms. The van der Waals surface area contributed by atoms with E-state index in [9.17, 15) is 0 Å². The van der Waals surface area contributed by atoms with Crippen molar-refractivity contribution in [3.8, 4) is 6.07 Å². The summed E-state index contributed by atoms with van der Waals surface area (Å²) in [6, 6.07) is 5.98. The molecule has 0 saturated carbocycles. The maximum atomic E-state index is 8.82. The molecule has 0 amide bonds. The van der Waals surface area contributed by atoms with E-state index >= 15 is 0 Å². The number of hydrogen-bond acceptors (Lipinski definition) is 3. The van der Waals surface area contributed by atoms with E-state index in [1.807, 2.05) is 18.3 Å². The zero-order chi connectivity index (χ0) is 10.7. The molecule has 0 radical (unpaired) electrons. The van der Waals surface area contributed by atoms with E-state index in [4.69, 9.17) is 5.26 Å². The van der Waals surface area contributed by atoms with Crippen LogP contribution < -0.4 is 5.32 Å². The monoisotopic (exact) mass is 200 g/mol. The Kier molecular flexibility index (Phi) is 2.55. The van der Waals surface area contributed by atoms with Crippen LogP contribution in [0.4, 0.5) is 5.69 Å². The van der Waals surface area contributed by atoms with Crippen molar-refractivity contribution in [2.45, 2.75) is 13.3 Å². The second kappa shape index (κ2) is 4.01. The summed E-state index contributed by atoms with van der Waals surface area (Å²) in [6.07, 6.45) is 4.56. The maximum absolute atomic E-state index is 8.82. The minimum Gasteiger partial charge on any atom is -0.384 e. The Labute approximate surface area is 88.1 Å². The quantitative estimate of drug-likeness (QED) is 0.824. The lowest BCUT2D eigenvalue weighted by atomic mass is 10.3. The van der Waals surface area contributed by atoms with E-state index in [-0.39, 0.29) is 0 Å². The van der Waals surface area contributed by atoms with E-state index in [0.29, 0.717) is 5.56 Å². The van der Waals surface area contributed by atoms with Crippen molar-refractivity contribution in [1.82, 2.24) is 9.61 Å².